The van der Waals surface area contributed by atoms with E-state index in [1.807, 2.05) is 0 Å². The summed E-state index contributed by atoms with van der Waals surface area (Å²) in [7, 11) is 0. The number of benzene rings is 1. The molecule has 0 bridgehead atoms. The van der Waals surface area contributed by atoms with Gasteiger partial charge < -0.3 is 4.42 Å². The summed E-state index contributed by atoms with van der Waals surface area (Å²) >= 11 is 0. The number of hydrogen-bond donors (Lipinski definition) is 0. The van der Waals surface area contributed by atoms with Crippen LogP contribution in [0.1, 0.15) is 17.0 Å². The maximum Gasteiger partial charge on any atom is 0.245 e. The highest BCUT2D eigenvalue weighted by atomic mass is 19.1. The average Bonchev–Trinajstić information content (AvgIpc) is 2.99. The van der Waals surface area contributed by atoms with Gasteiger partial charge in [0.1, 0.15) is 28.8 Å². The number of nitrogens with zero attached hydrogens (tertiary/aromatic N) is 3. The molecule has 0 amide bonds. The fourth-order valence-corrected chi connectivity index (χ4v) is 2.53. The molecule has 0 aliphatic carbocycles. The Morgan fingerprint density at radius 2 is 1.96 bits per heavy atom. The predicted molar refractivity (Wildman–Crippen MR) is 80.3 cm³/mol. The molecule has 0 spiro atoms. The Kier molecular flexibility index (Phi) is 3.22. The number of hydrogen-bond acceptors (Lipinski definition) is 4. The summed E-state index contributed by atoms with van der Waals surface area (Å²) in [4.78, 5) is 12.9. The molecule has 0 unspecified atom stereocenters. The highest BCUT2D eigenvalue weighted by molar-refractivity contribution is 6.13. The quantitative estimate of drug-likeness (QED) is 0.729. The summed E-state index contributed by atoms with van der Waals surface area (Å²) in [5.41, 5.74) is 2.28. The fourth-order valence-electron chi connectivity index (χ4n) is 2.53. The summed E-state index contributed by atoms with van der Waals surface area (Å²) < 4.78 is 32.2. The van der Waals surface area contributed by atoms with Crippen molar-refractivity contribution in [1.82, 2.24) is 9.97 Å². The minimum atomic E-state index is -0.424. The Balaban J connectivity index is 1.78. The lowest BCUT2D eigenvalue weighted by atomic mass is 10.0. The largest absolute Gasteiger partial charge is 0.439 e. The van der Waals surface area contributed by atoms with Crippen molar-refractivity contribution in [1.29, 1.82) is 0 Å². The van der Waals surface area contributed by atoms with Crippen LogP contribution in [0.2, 0.25) is 0 Å². The summed E-state index contributed by atoms with van der Waals surface area (Å²) in [6.45, 7) is 0.546. The van der Waals surface area contributed by atoms with Gasteiger partial charge >= 0.3 is 0 Å². The molecule has 0 saturated carbocycles. The van der Waals surface area contributed by atoms with Gasteiger partial charge in [-0.2, -0.15) is 0 Å². The van der Waals surface area contributed by atoms with Gasteiger partial charge in [0.15, 0.2) is 0 Å². The van der Waals surface area contributed by atoms with Gasteiger partial charge in [-0.3, -0.25) is 4.99 Å². The minimum absolute atomic E-state index is 0.306. The number of pyridine rings is 1. The zero-order valence-electron chi connectivity index (χ0n) is 12.0. The molecule has 0 atom stereocenters. The Hall–Kier alpha value is -2.89. The molecule has 6 heteroatoms. The molecule has 1 aliphatic heterocycles. The second kappa shape index (κ2) is 5.39. The summed E-state index contributed by atoms with van der Waals surface area (Å²) in [5.74, 6) is 0.231. The molecule has 3 aromatic rings. The maximum absolute atomic E-state index is 13.5. The maximum atomic E-state index is 13.5. The van der Waals surface area contributed by atoms with E-state index < -0.39 is 5.82 Å². The first-order valence-corrected chi connectivity index (χ1v) is 7.13. The molecule has 4 nitrogen and oxygen atoms in total. The molecule has 1 aliphatic rings. The smallest absolute Gasteiger partial charge is 0.245 e. The number of rotatable bonds is 2. The number of aromatic nitrogens is 2. The SMILES string of the molecule is Fc1ccc(-c2nc3c(o2)CCN=C3c2cccc(F)c2)nc1. The van der Waals surface area contributed by atoms with Crippen LogP contribution in [0, 0.1) is 11.6 Å². The van der Waals surface area contributed by atoms with Crippen molar-refractivity contribution in [3.05, 3.63) is 71.2 Å². The van der Waals surface area contributed by atoms with Gasteiger partial charge in [-0.1, -0.05) is 12.1 Å². The summed E-state index contributed by atoms with van der Waals surface area (Å²) in [5, 5.41) is 0. The van der Waals surface area contributed by atoms with Crippen molar-refractivity contribution in [2.24, 2.45) is 4.99 Å². The number of halogens is 2. The molecule has 0 radical (unpaired) electrons. The normalized spacial score (nSPS) is 13.6. The van der Waals surface area contributed by atoms with Crippen LogP contribution in [0.25, 0.3) is 11.6 Å². The van der Waals surface area contributed by atoms with E-state index in [1.54, 1.807) is 12.1 Å². The molecular formula is C17H11F2N3O. The van der Waals surface area contributed by atoms with Crippen LogP contribution in [0.3, 0.4) is 0 Å². The van der Waals surface area contributed by atoms with Gasteiger partial charge in [0.05, 0.1) is 11.9 Å². The topological polar surface area (TPSA) is 51.3 Å². The molecule has 1 aromatic carbocycles. The Labute approximate surface area is 130 Å². The molecule has 3 heterocycles. The van der Waals surface area contributed by atoms with Crippen LogP contribution >= 0.6 is 0 Å². The molecular weight excluding hydrogens is 300 g/mol. The van der Waals surface area contributed by atoms with E-state index in [2.05, 4.69) is 15.0 Å². The van der Waals surface area contributed by atoms with E-state index in [0.717, 1.165) is 6.20 Å². The van der Waals surface area contributed by atoms with Crippen LogP contribution in [0.15, 0.2) is 52.0 Å². The highest BCUT2D eigenvalue weighted by Crippen LogP contribution is 2.26. The predicted octanol–water partition coefficient (Wildman–Crippen LogP) is 3.41. The van der Waals surface area contributed by atoms with Crippen LogP contribution < -0.4 is 0 Å². The monoisotopic (exact) mass is 311 g/mol. The first-order valence-electron chi connectivity index (χ1n) is 7.13. The van der Waals surface area contributed by atoms with Crippen molar-refractivity contribution >= 4 is 5.71 Å². The van der Waals surface area contributed by atoms with E-state index in [4.69, 9.17) is 4.42 Å². The minimum Gasteiger partial charge on any atom is -0.439 e. The third-order valence-electron chi connectivity index (χ3n) is 3.57. The van der Waals surface area contributed by atoms with Crippen LogP contribution in [-0.2, 0) is 6.42 Å². The van der Waals surface area contributed by atoms with Crippen molar-refractivity contribution in [2.75, 3.05) is 6.54 Å². The van der Waals surface area contributed by atoms with E-state index in [-0.39, 0.29) is 5.82 Å². The van der Waals surface area contributed by atoms with Gasteiger partial charge in [0, 0.05) is 18.5 Å². The van der Waals surface area contributed by atoms with Crippen molar-refractivity contribution < 1.29 is 13.2 Å². The third kappa shape index (κ3) is 2.52. The van der Waals surface area contributed by atoms with Gasteiger partial charge in [-0.15, -0.1) is 0 Å². The molecule has 0 fully saturated rings. The second-order valence-electron chi connectivity index (χ2n) is 5.14. The molecule has 0 N–H and O–H groups in total. The van der Waals surface area contributed by atoms with E-state index >= 15 is 0 Å². The van der Waals surface area contributed by atoms with E-state index in [0.29, 0.717) is 47.3 Å². The molecule has 23 heavy (non-hydrogen) atoms. The Bertz CT molecular complexity index is 900. The molecule has 114 valence electrons. The van der Waals surface area contributed by atoms with Gasteiger partial charge in [0.2, 0.25) is 5.89 Å². The van der Waals surface area contributed by atoms with E-state index in [9.17, 15) is 8.78 Å². The van der Waals surface area contributed by atoms with E-state index in [1.165, 1.54) is 24.3 Å². The molecule has 4 rings (SSSR count). The number of aliphatic imine (C=N–C) groups is 1. The van der Waals surface area contributed by atoms with Gasteiger partial charge in [-0.25, -0.2) is 18.7 Å². The van der Waals surface area contributed by atoms with Crippen LogP contribution in [-0.4, -0.2) is 22.2 Å². The zero-order chi connectivity index (χ0) is 15.8. The van der Waals surface area contributed by atoms with Crippen LogP contribution in [0.5, 0.6) is 0 Å². The standard InChI is InChI=1S/C17H11F2N3O/c18-11-3-1-2-10(8-11)15-16-14(6-7-20-15)23-17(22-16)13-5-4-12(19)9-21-13/h1-5,8-9H,6-7H2. The Morgan fingerprint density at radius 3 is 2.74 bits per heavy atom. The van der Waals surface area contributed by atoms with Crippen LogP contribution in [0.4, 0.5) is 8.78 Å². The average molecular weight is 311 g/mol. The lowest BCUT2D eigenvalue weighted by molar-refractivity contribution is 0.514. The Morgan fingerprint density at radius 1 is 1.04 bits per heavy atom. The zero-order valence-corrected chi connectivity index (χ0v) is 12.0. The highest BCUT2D eigenvalue weighted by Gasteiger charge is 2.24. The van der Waals surface area contributed by atoms with Crippen molar-refractivity contribution in [3.63, 3.8) is 0 Å². The molecule has 2 aromatic heterocycles. The summed E-state index contributed by atoms with van der Waals surface area (Å²) in [6, 6.07) is 9.01. The fraction of sp³-hybridized carbons (Fsp3) is 0.118. The lowest BCUT2D eigenvalue weighted by Gasteiger charge is -2.10. The first kappa shape index (κ1) is 13.8. The third-order valence-corrected chi connectivity index (χ3v) is 3.57. The first-order chi connectivity index (χ1) is 11.2. The van der Waals surface area contributed by atoms with Crippen molar-refractivity contribution in [3.8, 4) is 11.6 Å². The molecule has 0 saturated heterocycles. The number of oxazole rings is 1. The lowest BCUT2D eigenvalue weighted by Crippen LogP contribution is -2.13. The van der Waals surface area contributed by atoms with Gasteiger partial charge in [0.25, 0.3) is 0 Å². The summed E-state index contributed by atoms with van der Waals surface area (Å²) in [6.07, 6.45) is 1.72. The second-order valence-corrected chi connectivity index (χ2v) is 5.14. The van der Waals surface area contributed by atoms with Gasteiger partial charge in [-0.05, 0) is 24.3 Å². The number of fused-ring (bicyclic) bond motifs is 1. The van der Waals surface area contributed by atoms with Crippen molar-refractivity contribution in [2.45, 2.75) is 6.42 Å².